The predicted molar refractivity (Wildman–Crippen MR) is 76.5 cm³/mol. The Bertz CT molecular complexity index is 724. The molecular weight excluding hydrogens is 381 g/mol. The molecule has 1 amide bonds. The van der Waals surface area contributed by atoms with Crippen LogP contribution in [0.4, 0.5) is 5.69 Å². The number of hydrogen-bond donors (Lipinski definition) is 1. The van der Waals surface area contributed by atoms with Crippen molar-refractivity contribution in [1.29, 1.82) is 0 Å². The van der Waals surface area contributed by atoms with Gasteiger partial charge in [0.1, 0.15) is 0 Å². The van der Waals surface area contributed by atoms with Crippen molar-refractivity contribution in [2.24, 2.45) is 0 Å². The zero-order valence-corrected chi connectivity index (χ0v) is 13.0. The van der Waals surface area contributed by atoms with Crippen LogP contribution in [0.3, 0.4) is 0 Å². The molecule has 0 spiro atoms. The monoisotopic (exact) mass is 387 g/mol. The van der Waals surface area contributed by atoms with E-state index < -0.39 is 0 Å². The summed E-state index contributed by atoms with van der Waals surface area (Å²) < 4.78 is 9.55. The molecule has 1 aromatic carbocycles. The van der Waals surface area contributed by atoms with Crippen LogP contribution in [-0.2, 0) is 0 Å². The van der Waals surface area contributed by atoms with E-state index in [1.165, 1.54) is 11.3 Å². The van der Waals surface area contributed by atoms with Crippen molar-refractivity contribution >= 4 is 64.9 Å². The van der Waals surface area contributed by atoms with Crippen molar-refractivity contribution in [3.63, 3.8) is 0 Å². The predicted octanol–water partition coefficient (Wildman–Crippen LogP) is 2.76. The summed E-state index contributed by atoms with van der Waals surface area (Å²) in [6, 6.07) is 7.43. The van der Waals surface area contributed by atoms with E-state index in [0.29, 0.717) is 5.56 Å². The number of thiophene rings is 1. The Morgan fingerprint density at radius 1 is 1.39 bits per heavy atom. The summed E-state index contributed by atoms with van der Waals surface area (Å²) in [7, 11) is 0. The summed E-state index contributed by atoms with van der Waals surface area (Å²) >= 11 is 4.74. The number of carbonyl (C=O) groups excluding carboxylic acids is 1. The van der Waals surface area contributed by atoms with Crippen LogP contribution in [0, 0.1) is 0 Å². The van der Waals surface area contributed by atoms with E-state index in [9.17, 15) is 4.79 Å². The third-order valence-electron chi connectivity index (χ3n) is 2.36. The molecule has 0 saturated heterocycles. The second-order valence-electron chi connectivity index (χ2n) is 3.53. The Morgan fingerprint density at radius 3 is 3.06 bits per heavy atom. The van der Waals surface area contributed by atoms with Crippen molar-refractivity contribution in [3.8, 4) is 0 Å². The van der Waals surface area contributed by atoms with E-state index in [1.807, 2.05) is 23.6 Å². The molecule has 0 radical (unpaired) electrons. The Balaban J connectivity index is 1.92. The first kappa shape index (κ1) is 12.0. The molecule has 2 heterocycles. The fourth-order valence-corrected chi connectivity index (χ4v) is 3.82. The van der Waals surface area contributed by atoms with Crippen LogP contribution in [-0.4, -0.2) is 28.8 Å². The van der Waals surface area contributed by atoms with Crippen LogP contribution in [0.5, 0.6) is 0 Å². The molecule has 0 unspecified atom stereocenters. The van der Waals surface area contributed by atoms with Gasteiger partial charge in [-0.1, -0.05) is 0 Å². The van der Waals surface area contributed by atoms with Crippen LogP contribution in [0.25, 0.3) is 11.0 Å². The molecule has 0 bridgehead atoms. The molecule has 3 rings (SSSR count). The van der Waals surface area contributed by atoms with Crippen LogP contribution < -0.4 is 5.32 Å². The number of carbonyl (C=O) groups is 1. The van der Waals surface area contributed by atoms with E-state index in [1.54, 1.807) is 6.07 Å². The standard InChI is InChI=1S/C11H6BrN3OSSe/c12-9-4-6(5-17-9)11(16)13-7-2-1-3-8-10(7)15-18-14-8/h1-5H,(H,13,16). The summed E-state index contributed by atoms with van der Waals surface area (Å²) in [4.78, 5) is 12.0. The number of nitrogens with zero attached hydrogens (tertiary/aromatic N) is 2. The number of fused-ring (bicyclic) bond motifs is 1. The average Bonchev–Trinajstić information content (AvgIpc) is 2.97. The van der Waals surface area contributed by atoms with Gasteiger partial charge in [-0.2, -0.15) is 0 Å². The first-order valence-corrected chi connectivity index (χ1v) is 8.21. The summed E-state index contributed by atoms with van der Waals surface area (Å²) in [6.07, 6.45) is 0. The number of rotatable bonds is 2. The third kappa shape index (κ3) is 2.26. The molecule has 2 aromatic heterocycles. The van der Waals surface area contributed by atoms with E-state index in [-0.39, 0.29) is 20.9 Å². The van der Waals surface area contributed by atoms with Gasteiger partial charge >= 0.3 is 122 Å². The second-order valence-corrected chi connectivity index (χ2v) is 6.93. The summed E-state index contributed by atoms with van der Waals surface area (Å²) in [5.74, 6) is -0.125. The zero-order chi connectivity index (χ0) is 12.5. The Hall–Kier alpha value is -1.01. The quantitative estimate of drug-likeness (QED) is 0.689. The van der Waals surface area contributed by atoms with Gasteiger partial charge in [0.05, 0.1) is 0 Å². The van der Waals surface area contributed by atoms with Gasteiger partial charge in [-0.25, -0.2) is 0 Å². The number of aromatic nitrogens is 2. The third-order valence-corrected chi connectivity index (χ3v) is 5.01. The molecule has 18 heavy (non-hydrogen) atoms. The Kier molecular flexibility index (Phi) is 3.30. The Morgan fingerprint density at radius 2 is 2.28 bits per heavy atom. The van der Waals surface area contributed by atoms with E-state index >= 15 is 0 Å². The molecule has 90 valence electrons. The van der Waals surface area contributed by atoms with Crippen LogP contribution in [0.2, 0.25) is 0 Å². The van der Waals surface area contributed by atoms with E-state index in [4.69, 9.17) is 0 Å². The number of halogens is 1. The first-order chi connectivity index (χ1) is 8.74. The molecule has 0 saturated carbocycles. The summed E-state index contributed by atoms with van der Waals surface area (Å²) in [5, 5.41) is 4.69. The van der Waals surface area contributed by atoms with Gasteiger partial charge in [0.2, 0.25) is 0 Å². The molecule has 3 aromatic rings. The topological polar surface area (TPSA) is 54.9 Å². The van der Waals surface area contributed by atoms with Gasteiger partial charge in [0, 0.05) is 0 Å². The molecule has 1 N–H and O–H groups in total. The van der Waals surface area contributed by atoms with Crippen LogP contribution in [0.1, 0.15) is 10.4 Å². The van der Waals surface area contributed by atoms with Crippen LogP contribution in [0.15, 0.2) is 33.4 Å². The van der Waals surface area contributed by atoms with Gasteiger partial charge in [0.25, 0.3) is 0 Å². The van der Waals surface area contributed by atoms with Crippen molar-refractivity contribution in [2.75, 3.05) is 5.32 Å². The van der Waals surface area contributed by atoms with Gasteiger partial charge in [-0.3, -0.25) is 0 Å². The first-order valence-electron chi connectivity index (χ1n) is 5.01. The number of benzene rings is 1. The van der Waals surface area contributed by atoms with E-state index in [2.05, 4.69) is 29.2 Å². The molecular formula is C11H6BrN3OSSe. The SMILES string of the molecule is O=C(Nc1cccc2n[se]nc12)c1csc(Br)c1. The normalized spacial score (nSPS) is 10.7. The number of anilines is 1. The minimum atomic E-state index is -0.125. The average molecular weight is 387 g/mol. The molecule has 0 aliphatic heterocycles. The van der Waals surface area contributed by atoms with Gasteiger partial charge in [-0.05, 0) is 0 Å². The van der Waals surface area contributed by atoms with E-state index in [0.717, 1.165) is 20.5 Å². The molecule has 0 aliphatic carbocycles. The minimum absolute atomic E-state index is 0.0887. The summed E-state index contributed by atoms with van der Waals surface area (Å²) in [5.41, 5.74) is 3.02. The maximum atomic E-state index is 12.0. The van der Waals surface area contributed by atoms with Gasteiger partial charge in [-0.15, -0.1) is 0 Å². The number of nitrogens with one attached hydrogen (secondary N) is 1. The zero-order valence-electron chi connectivity index (χ0n) is 8.88. The molecule has 0 atom stereocenters. The second kappa shape index (κ2) is 4.93. The number of hydrogen-bond acceptors (Lipinski definition) is 4. The van der Waals surface area contributed by atoms with Crippen LogP contribution >= 0.6 is 27.3 Å². The number of amides is 1. The van der Waals surface area contributed by atoms with Crippen molar-refractivity contribution < 1.29 is 4.79 Å². The fourth-order valence-electron chi connectivity index (χ4n) is 1.53. The molecule has 4 nitrogen and oxygen atoms in total. The molecule has 0 aliphatic rings. The van der Waals surface area contributed by atoms with Crippen molar-refractivity contribution in [1.82, 2.24) is 7.96 Å². The summed E-state index contributed by atoms with van der Waals surface area (Å²) in [6.45, 7) is 0. The Labute approximate surface area is 121 Å². The molecule has 0 fully saturated rings. The van der Waals surface area contributed by atoms with Crippen molar-refractivity contribution in [3.05, 3.63) is 39.0 Å². The fraction of sp³-hybridized carbons (Fsp3) is 0. The molecule has 7 heteroatoms. The van der Waals surface area contributed by atoms with Crippen molar-refractivity contribution in [2.45, 2.75) is 0 Å². The van der Waals surface area contributed by atoms with Gasteiger partial charge in [0.15, 0.2) is 0 Å². The van der Waals surface area contributed by atoms with Gasteiger partial charge < -0.3 is 0 Å². The maximum absolute atomic E-state index is 12.0.